The molecule has 1 aliphatic heterocycles. The summed E-state index contributed by atoms with van der Waals surface area (Å²) in [6.45, 7) is 11.3. The van der Waals surface area contributed by atoms with E-state index in [0.29, 0.717) is 41.9 Å². The molecule has 12 nitrogen and oxygen atoms in total. The number of aliphatic hydroxyl groups excluding tert-OH is 3. The molecule has 0 radical (unpaired) electrons. The van der Waals surface area contributed by atoms with Crippen molar-refractivity contribution in [3.8, 4) is 0 Å². The molecule has 0 amide bonds. The van der Waals surface area contributed by atoms with Crippen molar-refractivity contribution in [3.05, 3.63) is 42.2 Å². The molecule has 1 saturated heterocycles. The zero-order valence-corrected chi connectivity index (χ0v) is 24.8. The molecule has 1 unspecified atom stereocenters. The maximum absolute atomic E-state index is 11.0. The summed E-state index contributed by atoms with van der Waals surface area (Å²) in [6.07, 6.45) is 1.03. The van der Waals surface area contributed by atoms with E-state index < -0.39 is 30.6 Å². The van der Waals surface area contributed by atoms with Crippen molar-refractivity contribution in [1.82, 2.24) is 34.4 Å². The number of imidazole rings is 2. The highest BCUT2D eigenvalue weighted by Gasteiger charge is 2.46. The second-order valence-corrected chi connectivity index (χ2v) is 13.3. The molecule has 226 valence electrons. The first kappa shape index (κ1) is 28.9. The Bertz CT molecular complexity index is 1560. The van der Waals surface area contributed by atoms with E-state index in [-0.39, 0.29) is 17.3 Å². The predicted molar refractivity (Wildman–Crippen MR) is 158 cm³/mol. The number of aromatic amines is 1. The first-order valence-electron chi connectivity index (χ1n) is 14.8. The molecule has 42 heavy (non-hydrogen) atoms. The zero-order chi connectivity index (χ0) is 29.9. The van der Waals surface area contributed by atoms with Crippen molar-refractivity contribution in [1.29, 1.82) is 0 Å². The van der Waals surface area contributed by atoms with Crippen LogP contribution in [0, 0.1) is 5.92 Å². The van der Waals surface area contributed by atoms with Gasteiger partial charge in [-0.1, -0.05) is 26.8 Å². The predicted octanol–water partition coefficient (Wildman–Crippen LogP) is 2.81. The number of nitrogen functional groups attached to an aromatic ring is 1. The third kappa shape index (κ3) is 5.26. The minimum absolute atomic E-state index is 0.0328. The van der Waals surface area contributed by atoms with Crippen molar-refractivity contribution in [2.75, 3.05) is 12.3 Å². The lowest BCUT2D eigenvalue weighted by Crippen LogP contribution is -2.52. The van der Waals surface area contributed by atoms with Crippen molar-refractivity contribution in [2.45, 2.75) is 102 Å². The Morgan fingerprint density at radius 1 is 1.14 bits per heavy atom. The van der Waals surface area contributed by atoms with E-state index >= 15 is 0 Å². The number of fused-ring (bicyclic) bond motifs is 2. The Morgan fingerprint density at radius 3 is 2.62 bits per heavy atom. The molecular formula is C30H42N8O4. The van der Waals surface area contributed by atoms with Crippen LogP contribution in [0.3, 0.4) is 0 Å². The topological polar surface area (TPSA) is 171 Å². The second-order valence-electron chi connectivity index (χ2n) is 13.3. The fourth-order valence-electron chi connectivity index (χ4n) is 6.40. The molecule has 3 aromatic heterocycles. The number of aliphatic hydroxyl groups is 3. The summed E-state index contributed by atoms with van der Waals surface area (Å²) >= 11 is 0. The van der Waals surface area contributed by atoms with Crippen molar-refractivity contribution >= 4 is 28.0 Å². The second kappa shape index (κ2) is 10.8. The Balaban J connectivity index is 1.08. The van der Waals surface area contributed by atoms with Crippen molar-refractivity contribution < 1.29 is 20.1 Å². The van der Waals surface area contributed by atoms with Crippen LogP contribution in [0.1, 0.15) is 77.6 Å². The number of anilines is 1. The average molecular weight is 579 g/mol. The van der Waals surface area contributed by atoms with Gasteiger partial charge in [0.1, 0.15) is 42.1 Å². The van der Waals surface area contributed by atoms with Gasteiger partial charge >= 0.3 is 0 Å². The number of benzene rings is 1. The van der Waals surface area contributed by atoms with Gasteiger partial charge < -0.3 is 30.8 Å². The highest BCUT2D eigenvalue weighted by Crippen LogP contribution is 2.40. The summed E-state index contributed by atoms with van der Waals surface area (Å²) < 4.78 is 7.81. The van der Waals surface area contributed by atoms with Gasteiger partial charge in [0, 0.05) is 18.6 Å². The maximum atomic E-state index is 11.0. The van der Waals surface area contributed by atoms with Gasteiger partial charge in [-0.25, -0.2) is 19.9 Å². The Labute approximate surface area is 245 Å². The van der Waals surface area contributed by atoms with Crippen LogP contribution in [0.2, 0.25) is 0 Å². The molecule has 12 heteroatoms. The zero-order valence-electron chi connectivity index (χ0n) is 24.8. The molecular weight excluding hydrogens is 536 g/mol. The van der Waals surface area contributed by atoms with Crippen LogP contribution in [0.15, 0.2) is 30.9 Å². The quantitative estimate of drug-likeness (QED) is 0.209. The van der Waals surface area contributed by atoms with Crippen LogP contribution in [0.4, 0.5) is 5.82 Å². The summed E-state index contributed by atoms with van der Waals surface area (Å²) in [7, 11) is 0. The average Bonchev–Trinajstić information content (AvgIpc) is 3.61. The van der Waals surface area contributed by atoms with Crippen LogP contribution in [-0.2, 0) is 10.2 Å². The number of nitrogens with one attached hydrogen (secondary N) is 1. The van der Waals surface area contributed by atoms with Gasteiger partial charge in [-0.2, -0.15) is 0 Å². The molecule has 0 bridgehead atoms. The Morgan fingerprint density at radius 2 is 1.90 bits per heavy atom. The van der Waals surface area contributed by atoms with Gasteiger partial charge in [-0.3, -0.25) is 9.47 Å². The smallest absolute Gasteiger partial charge is 0.167 e. The van der Waals surface area contributed by atoms with Gasteiger partial charge in [-0.05, 0) is 62.1 Å². The molecule has 6 rings (SSSR count). The number of ether oxygens (including phenoxy) is 1. The van der Waals surface area contributed by atoms with E-state index in [9.17, 15) is 15.3 Å². The molecule has 4 heterocycles. The molecule has 1 saturated carbocycles. The minimum atomic E-state index is -1.15. The normalized spacial score (nSPS) is 27.4. The molecule has 2 aliphatic rings. The highest BCUT2D eigenvalue weighted by molar-refractivity contribution is 5.81. The number of nitrogens with zero attached hydrogens (tertiary/aromatic N) is 6. The van der Waals surface area contributed by atoms with E-state index in [1.54, 1.807) is 4.57 Å². The summed E-state index contributed by atoms with van der Waals surface area (Å²) in [6, 6.07) is 6.75. The van der Waals surface area contributed by atoms with Gasteiger partial charge in [0.05, 0.1) is 17.4 Å². The number of hydrogen-bond donors (Lipinski definition) is 5. The Kier molecular flexibility index (Phi) is 7.47. The molecule has 6 N–H and O–H groups in total. The van der Waals surface area contributed by atoms with E-state index in [1.165, 1.54) is 18.2 Å². The molecule has 5 atom stereocenters. The summed E-state index contributed by atoms with van der Waals surface area (Å²) in [5.41, 5.74) is 9.85. The number of nitrogens with two attached hydrogens (primary N) is 1. The monoisotopic (exact) mass is 578 g/mol. The fourth-order valence-corrected chi connectivity index (χ4v) is 6.40. The highest BCUT2D eigenvalue weighted by atomic mass is 16.6. The lowest BCUT2D eigenvalue weighted by molar-refractivity contribution is -0.0640. The summed E-state index contributed by atoms with van der Waals surface area (Å²) in [5, 5.41) is 32.8. The molecule has 1 aromatic carbocycles. The number of aromatic nitrogens is 6. The lowest BCUT2D eigenvalue weighted by Gasteiger charge is -2.46. The third-order valence-corrected chi connectivity index (χ3v) is 8.97. The van der Waals surface area contributed by atoms with E-state index in [1.807, 2.05) is 6.07 Å². The molecule has 2 fully saturated rings. The van der Waals surface area contributed by atoms with Crippen LogP contribution in [0.25, 0.3) is 22.2 Å². The number of H-pyrrole nitrogens is 1. The van der Waals surface area contributed by atoms with Crippen LogP contribution in [0.5, 0.6) is 0 Å². The van der Waals surface area contributed by atoms with E-state index in [4.69, 9.17) is 15.5 Å². The van der Waals surface area contributed by atoms with Crippen molar-refractivity contribution in [2.24, 2.45) is 5.92 Å². The van der Waals surface area contributed by atoms with Crippen LogP contribution >= 0.6 is 0 Å². The number of hydrogen-bond acceptors (Lipinski definition) is 10. The largest absolute Gasteiger partial charge is 0.387 e. The lowest BCUT2D eigenvalue weighted by atomic mass is 9.75. The van der Waals surface area contributed by atoms with E-state index in [0.717, 1.165) is 23.9 Å². The van der Waals surface area contributed by atoms with E-state index in [2.05, 4.69) is 71.6 Å². The molecule has 1 aliphatic carbocycles. The maximum Gasteiger partial charge on any atom is 0.167 e. The fraction of sp³-hybridized carbons (Fsp3) is 0.600. The van der Waals surface area contributed by atoms with Crippen LogP contribution < -0.4 is 5.73 Å². The Hall–Kier alpha value is -3.16. The molecule has 4 aromatic rings. The molecule has 0 spiro atoms. The van der Waals surface area contributed by atoms with Crippen molar-refractivity contribution in [3.63, 3.8) is 0 Å². The number of rotatable bonds is 8. The third-order valence-electron chi connectivity index (χ3n) is 8.97. The van der Waals surface area contributed by atoms with Gasteiger partial charge in [0.25, 0.3) is 0 Å². The summed E-state index contributed by atoms with van der Waals surface area (Å²) in [5.74, 6) is 1.22. The minimum Gasteiger partial charge on any atom is -0.387 e. The SMILES string of the molecule is CC(C)N(C[C@H]1O[C@@H](n2cnc3c(N)ncnc32)[C@H](O)[C@@H]1O)[C@H]1C[C@H](CC(O)c2nc3cc(C(C)(C)C)ccc3[nH]2)C1. The van der Waals surface area contributed by atoms with Crippen LogP contribution in [-0.4, -0.2) is 86.6 Å². The first-order valence-corrected chi connectivity index (χ1v) is 14.8. The van der Waals surface area contributed by atoms with Gasteiger partial charge in [0.15, 0.2) is 17.7 Å². The first-order chi connectivity index (χ1) is 19.9. The summed E-state index contributed by atoms with van der Waals surface area (Å²) in [4.78, 5) is 22.8. The van der Waals surface area contributed by atoms with Gasteiger partial charge in [0.2, 0.25) is 0 Å². The van der Waals surface area contributed by atoms with Gasteiger partial charge in [-0.15, -0.1) is 0 Å². The standard InChI is InChI=1S/C30H42N8O4/c1-15(2)37(12-22-24(40)25(41)29(42-22)38-14-34-23-26(31)32-13-33-28(23)38)18-8-16(9-18)10-21(39)27-35-19-7-6-17(30(3,4)5)11-20(19)36-27/h6-7,11,13-16,18,21-22,24-25,29,39-41H,8-10,12H2,1-5H3,(H,35,36)(H2,31,32,33)/t16-,18-,21?,22-,24-,25-,29-/m1/s1.